The number of pyridine rings is 1. The van der Waals surface area contributed by atoms with Crippen molar-refractivity contribution in [1.29, 1.82) is 0 Å². The highest BCUT2D eigenvalue weighted by molar-refractivity contribution is 7.98. The Balaban J connectivity index is 1.86. The number of benzene rings is 1. The van der Waals surface area contributed by atoms with Gasteiger partial charge in [-0.1, -0.05) is 42.1 Å². The number of ether oxygens (including phenoxy) is 1. The van der Waals surface area contributed by atoms with Crippen LogP contribution in [0.25, 0.3) is 11.3 Å². The van der Waals surface area contributed by atoms with Gasteiger partial charge in [-0.05, 0) is 43.7 Å². The van der Waals surface area contributed by atoms with Gasteiger partial charge in [-0.25, -0.2) is 19.7 Å². The number of nitrogens with zero attached hydrogens (tertiary/aromatic N) is 4. The molecule has 148 valence electrons. The Hall–Kier alpha value is -2.93. The molecule has 4 rings (SSSR count). The third-order valence-electron chi connectivity index (χ3n) is 4.78. The van der Waals surface area contributed by atoms with Crippen LogP contribution in [0.3, 0.4) is 0 Å². The Bertz CT molecular complexity index is 1030. The number of anilines is 2. The van der Waals surface area contributed by atoms with E-state index in [1.165, 1.54) is 11.8 Å². The number of carbonyl (C=O) groups is 1. The number of hydrogen-bond donors (Lipinski definition) is 0. The van der Waals surface area contributed by atoms with Gasteiger partial charge in [0.2, 0.25) is 0 Å². The van der Waals surface area contributed by atoms with Gasteiger partial charge in [0.25, 0.3) is 0 Å². The van der Waals surface area contributed by atoms with E-state index in [0.29, 0.717) is 17.9 Å². The van der Waals surface area contributed by atoms with Crippen LogP contribution in [0, 0.1) is 0 Å². The van der Waals surface area contributed by atoms with Crippen LogP contribution in [-0.4, -0.2) is 40.3 Å². The molecule has 3 heterocycles. The van der Waals surface area contributed by atoms with Crippen molar-refractivity contribution in [2.24, 2.45) is 0 Å². The topological polar surface area (TPSA) is 68.2 Å². The molecular weight excluding hydrogens is 384 g/mol. The second-order valence-electron chi connectivity index (χ2n) is 6.61. The minimum absolute atomic E-state index is 0.328. The van der Waals surface area contributed by atoms with Crippen LogP contribution in [0.2, 0.25) is 0 Å². The average molecular weight is 407 g/mol. The normalized spacial score (nSPS) is 13.1. The number of esters is 1. The van der Waals surface area contributed by atoms with Crippen molar-refractivity contribution >= 4 is 29.4 Å². The second-order valence-corrected chi connectivity index (χ2v) is 7.38. The van der Waals surface area contributed by atoms with E-state index in [4.69, 9.17) is 9.72 Å². The van der Waals surface area contributed by atoms with Crippen molar-refractivity contribution in [3.8, 4) is 11.3 Å². The summed E-state index contributed by atoms with van der Waals surface area (Å²) in [4.78, 5) is 28.7. The van der Waals surface area contributed by atoms with Crippen LogP contribution in [0.1, 0.15) is 29.3 Å². The van der Waals surface area contributed by atoms with E-state index in [1.54, 1.807) is 6.20 Å². The molecule has 0 saturated heterocycles. The first-order valence-corrected chi connectivity index (χ1v) is 10.8. The molecule has 0 radical (unpaired) electrons. The van der Waals surface area contributed by atoms with Gasteiger partial charge in [0.1, 0.15) is 11.6 Å². The third-order valence-corrected chi connectivity index (χ3v) is 5.34. The van der Waals surface area contributed by atoms with Gasteiger partial charge in [0.15, 0.2) is 5.16 Å². The Labute approximate surface area is 174 Å². The van der Waals surface area contributed by atoms with Crippen molar-refractivity contribution in [2.75, 3.05) is 24.3 Å². The predicted octanol–water partition coefficient (Wildman–Crippen LogP) is 4.52. The summed E-state index contributed by atoms with van der Waals surface area (Å²) < 4.78 is 5.31. The Morgan fingerprint density at radius 2 is 2.03 bits per heavy atom. The maximum absolute atomic E-state index is 12.7. The molecule has 0 spiro atoms. The fourth-order valence-corrected chi connectivity index (χ4v) is 3.83. The lowest BCUT2D eigenvalue weighted by Crippen LogP contribution is -2.27. The summed E-state index contributed by atoms with van der Waals surface area (Å²) in [5.41, 5.74) is 3.06. The highest BCUT2D eigenvalue weighted by Crippen LogP contribution is 2.35. The fourth-order valence-electron chi connectivity index (χ4n) is 3.48. The number of rotatable bonds is 5. The molecule has 0 atom stereocenters. The standard InChI is InChI=1S/C22H22N4O2S/c1-3-28-21(27)17-14-16-10-7-13-26(18-11-12-23-22(24-18)29-2)20(16)25-19(17)15-8-5-4-6-9-15/h4-6,8-9,11-12,14H,3,7,10,13H2,1-2H3. The highest BCUT2D eigenvalue weighted by atomic mass is 32.2. The summed E-state index contributed by atoms with van der Waals surface area (Å²) in [5.74, 6) is 1.32. The van der Waals surface area contributed by atoms with Crippen LogP contribution in [0.15, 0.2) is 53.8 Å². The van der Waals surface area contributed by atoms with Crippen LogP contribution in [0.4, 0.5) is 11.6 Å². The molecule has 0 bridgehead atoms. The summed E-state index contributed by atoms with van der Waals surface area (Å²) in [6, 6.07) is 13.6. The first kappa shape index (κ1) is 19.4. The van der Waals surface area contributed by atoms with Crippen LogP contribution >= 0.6 is 11.8 Å². The minimum atomic E-state index is -0.342. The lowest BCUT2D eigenvalue weighted by atomic mass is 9.99. The number of carbonyl (C=O) groups excluding carboxylic acids is 1. The molecule has 1 aromatic carbocycles. The highest BCUT2D eigenvalue weighted by Gasteiger charge is 2.26. The molecule has 0 saturated carbocycles. The number of hydrogen-bond acceptors (Lipinski definition) is 7. The summed E-state index contributed by atoms with van der Waals surface area (Å²) >= 11 is 1.51. The lowest BCUT2D eigenvalue weighted by molar-refractivity contribution is 0.0526. The summed E-state index contributed by atoms with van der Waals surface area (Å²) in [6.07, 6.45) is 5.55. The molecular formula is C22H22N4O2S. The number of aromatic nitrogens is 3. The number of fused-ring (bicyclic) bond motifs is 1. The molecule has 1 aliphatic rings. The van der Waals surface area contributed by atoms with Crippen LogP contribution < -0.4 is 4.90 Å². The molecule has 2 aromatic heterocycles. The summed E-state index contributed by atoms with van der Waals surface area (Å²) in [6.45, 7) is 2.96. The first-order valence-electron chi connectivity index (χ1n) is 9.62. The molecule has 1 aliphatic heterocycles. The predicted molar refractivity (Wildman–Crippen MR) is 115 cm³/mol. The molecule has 0 amide bonds. The van der Waals surface area contributed by atoms with Crippen molar-refractivity contribution in [3.05, 3.63) is 59.8 Å². The van der Waals surface area contributed by atoms with E-state index in [9.17, 15) is 4.79 Å². The zero-order valence-corrected chi connectivity index (χ0v) is 17.3. The van der Waals surface area contributed by atoms with E-state index < -0.39 is 0 Å². The minimum Gasteiger partial charge on any atom is -0.462 e. The Morgan fingerprint density at radius 1 is 1.21 bits per heavy atom. The molecule has 3 aromatic rings. The molecule has 0 fully saturated rings. The maximum Gasteiger partial charge on any atom is 0.340 e. The maximum atomic E-state index is 12.7. The van der Waals surface area contributed by atoms with Crippen molar-refractivity contribution in [1.82, 2.24) is 15.0 Å². The Kier molecular flexibility index (Phi) is 5.76. The quantitative estimate of drug-likeness (QED) is 0.350. The summed E-state index contributed by atoms with van der Waals surface area (Å²) in [5, 5.41) is 0.723. The van der Waals surface area contributed by atoms with Crippen LogP contribution in [0.5, 0.6) is 0 Å². The second kappa shape index (κ2) is 8.61. The van der Waals surface area contributed by atoms with Gasteiger partial charge >= 0.3 is 5.97 Å². The van der Waals surface area contributed by atoms with E-state index in [0.717, 1.165) is 47.3 Å². The number of aryl methyl sites for hydroxylation is 1. The molecule has 0 aliphatic carbocycles. The monoisotopic (exact) mass is 406 g/mol. The molecule has 7 heteroatoms. The zero-order chi connectivity index (χ0) is 20.2. The molecule has 0 N–H and O–H groups in total. The van der Waals surface area contributed by atoms with E-state index >= 15 is 0 Å². The van der Waals surface area contributed by atoms with Gasteiger partial charge in [0.05, 0.1) is 17.9 Å². The van der Waals surface area contributed by atoms with Gasteiger partial charge in [0, 0.05) is 18.3 Å². The van der Waals surface area contributed by atoms with Gasteiger partial charge in [-0.15, -0.1) is 0 Å². The van der Waals surface area contributed by atoms with E-state index in [1.807, 2.05) is 55.6 Å². The first-order chi connectivity index (χ1) is 14.2. The van der Waals surface area contributed by atoms with Gasteiger partial charge in [-0.3, -0.25) is 0 Å². The fraction of sp³-hybridized carbons (Fsp3) is 0.273. The molecule has 0 unspecified atom stereocenters. The van der Waals surface area contributed by atoms with E-state index in [-0.39, 0.29) is 5.97 Å². The molecule has 29 heavy (non-hydrogen) atoms. The van der Waals surface area contributed by atoms with Crippen LogP contribution in [-0.2, 0) is 11.2 Å². The van der Waals surface area contributed by atoms with Crippen molar-refractivity contribution < 1.29 is 9.53 Å². The average Bonchev–Trinajstić information content (AvgIpc) is 2.78. The smallest absolute Gasteiger partial charge is 0.340 e. The zero-order valence-electron chi connectivity index (χ0n) is 16.5. The van der Waals surface area contributed by atoms with Crippen molar-refractivity contribution in [2.45, 2.75) is 24.9 Å². The van der Waals surface area contributed by atoms with E-state index in [2.05, 4.69) is 14.9 Å². The van der Waals surface area contributed by atoms with Gasteiger partial charge in [-0.2, -0.15) is 0 Å². The lowest BCUT2D eigenvalue weighted by Gasteiger charge is -2.30. The largest absolute Gasteiger partial charge is 0.462 e. The van der Waals surface area contributed by atoms with Gasteiger partial charge < -0.3 is 9.64 Å². The SMILES string of the molecule is CCOC(=O)c1cc2c(nc1-c1ccccc1)N(c1ccnc(SC)n1)CCC2. The number of thioether (sulfide) groups is 1. The van der Waals surface area contributed by atoms with Crippen molar-refractivity contribution in [3.63, 3.8) is 0 Å². The third kappa shape index (κ3) is 3.96. The Morgan fingerprint density at radius 3 is 2.79 bits per heavy atom. The summed E-state index contributed by atoms with van der Waals surface area (Å²) in [7, 11) is 0. The molecule has 6 nitrogen and oxygen atoms in total.